The molecule has 6 nitrogen and oxygen atoms in total. The van der Waals surface area contributed by atoms with Crippen LogP contribution in [0.1, 0.15) is 5.56 Å². The third-order valence-corrected chi connectivity index (χ3v) is 3.75. The van der Waals surface area contributed by atoms with E-state index in [1.54, 1.807) is 24.3 Å². The lowest BCUT2D eigenvalue weighted by molar-refractivity contribution is -0.137. The van der Waals surface area contributed by atoms with Crippen LogP contribution in [-0.4, -0.2) is 25.3 Å². The molecule has 0 atom stereocenters. The number of rotatable bonds is 8. The van der Waals surface area contributed by atoms with Gasteiger partial charge in [-0.3, -0.25) is 9.79 Å². The highest BCUT2D eigenvalue weighted by Crippen LogP contribution is 2.30. The molecule has 0 aliphatic rings. The van der Waals surface area contributed by atoms with Crippen LogP contribution in [0.4, 0.5) is 24.5 Å². The molecule has 1 amide bonds. The smallest absolute Gasteiger partial charge is 0.416 e. The van der Waals surface area contributed by atoms with E-state index in [1.165, 1.54) is 36.7 Å². The lowest BCUT2D eigenvalue weighted by Crippen LogP contribution is -2.09. The topological polar surface area (TPSA) is 103 Å². The second-order valence-corrected chi connectivity index (χ2v) is 5.98. The molecule has 0 aliphatic heterocycles. The quantitative estimate of drug-likeness (QED) is 0.200. The van der Waals surface area contributed by atoms with Crippen molar-refractivity contribution in [2.45, 2.75) is 6.18 Å². The number of benzene rings is 2. The van der Waals surface area contributed by atoms with Gasteiger partial charge in [-0.1, -0.05) is 12.1 Å². The molecule has 0 saturated heterocycles. The van der Waals surface area contributed by atoms with Crippen molar-refractivity contribution in [2.75, 3.05) is 24.2 Å². The van der Waals surface area contributed by atoms with E-state index in [-0.39, 0.29) is 19.1 Å². The fourth-order valence-electron chi connectivity index (χ4n) is 2.23. The Hall–Kier alpha value is -3.75. The highest BCUT2D eigenvalue weighted by Gasteiger charge is 2.29. The van der Waals surface area contributed by atoms with Crippen molar-refractivity contribution >= 4 is 23.5 Å². The predicted molar refractivity (Wildman–Crippen MR) is 111 cm³/mol. The van der Waals surface area contributed by atoms with E-state index in [1.807, 2.05) is 0 Å². The summed E-state index contributed by atoms with van der Waals surface area (Å²) in [6.07, 6.45) is 1.12. The molecule has 0 unspecified atom stereocenters. The first kappa shape index (κ1) is 22.5. The molecule has 0 saturated carbocycles. The number of hydrogen-bond acceptors (Lipinski definition) is 5. The molecule has 0 radical (unpaired) electrons. The summed E-state index contributed by atoms with van der Waals surface area (Å²) in [6, 6.07) is 11.3. The number of anilines is 2. The number of allylic oxidation sites excluding steroid dienone is 2. The number of hydrogen-bond donors (Lipinski definition) is 3. The number of nitrogen functional groups attached to an aromatic ring is 1. The predicted octanol–water partition coefficient (Wildman–Crippen LogP) is 3.77. The number of nitrogens with two attached hydrogens (primary N) is 2. The fraction of sp³-hybridized carbons (Fsp3) is 0.143. The average molecular weight is 418 g/mol. The molecule has 0 aliphatic carbocycles. The number of carbonyl (C=O) groups is 1. The number of nitrogens with one attached hydrogen (secondary N) is 1. The van der Waals surface area contributed by atoms with Gasteiger partial charge in [0.05, 0.1) is 23.5 Å². The fourth-order valence-corrected chi connectivity index (χ4v) is 2.23. The van der Waals surface area contributed by atoms with Gasteiger partial charge in [0.2, 0.25) is 5.91 Å². The molecule has 0 fully saturated rings. The first-order valence-corrected chi connectivity index (χ1v) is 8.85. The minimum absolute atomic E-state index is 0.164. The minimum Gasteiger partial charge on any atom is -0.492 e. The third kappa shape index (κ3) is 7.34. The molecule has 30 heavy (non-hydrogen) atoms. The Bertz CT molecular complexity index is 936. The highest BCUT2D eigenvalue weighted by molar-refractivity contribution is 6.02. The second kappa shape index (κ2) is 10.7. The van der Waals surface area contributed by atoms with Crippen LogP contribution in [-0.2, 0) is 11.0 Å². The Morgan fingerprint density at radius 3 is 2.43 bits per heavy atom. The molecule has 0 spiro atoms. The van der Waals surface area contributed by atoms with Gasteiger partial charge in [-0.05, 0) is 42.5 Å². The van der Waals surface area contributed by atoms with Gasteiger partial charge in [-0.15, -0.1) is 0 Å². The lowest BCUT2D eigenvalue weighted by Gasteiger charge is -2.08. The molecule has 158 valence electrons. The van der Waals surface area contributed by atoms with Crippen LogP contribution >= 0.6 is 0 Å². The van der Waals surface area contributed by atoms with Gasteiger partial charge in [-0.2, -0.15) is 13.2 Å². The zero-order chi connectivity index (χ0) is 22.0. The maximum absolute atomic E-state index is 12.5. The summed E-state index contributed by atoms with van der Waals surface area (Å²) in [4.78, 5) is 16.1. The largest absolute Gasteiger partial charge is 0.492 e. The van der Waals surface area contributed by atoms with Gasteiger partial charge in [0, 0.05) is 24.1 Å². The maximum Gasteiger partial charge on any atom is 0.416 e. The normalized spacial score (nSPS) is 12.4. The molecular weight excluding hydrogens is 397 g/mol. The van der Waals surface area contributed by atoms with E-state index in [0.717, 1.165) is 12.1 Å². The van der Waals surface area contributed by atoms with Crippen molar-refractivity contribution in [3.05, 3.63) is 78.0 Å². The Morgan fingerprint density at radius 2 is 1.80 bits per heavy atom. The number of carbonyl (C=O) groups excluding carboxylic acids is 1. The van der Waals surface area contributed by atoms with Crippen LogP contribution in [0.5, 0.6) is 5.75 Å². The van der Waals surface area contributed by atoms with Gasteiger partial charge in [-0.25, -0.2) is 0 Å². The van der Waals surface area contributed by atoms with Gasteiger partial charge >= 0.3 is 6.18 Å². The van der Waals surface area contributed by atoms with Crippen LogP contribution in [0, 0.1) is 0 Å². The van der Waals surface area contributed by atoms with Gasteiger partial charge in [0.15, 0.2) is 0 Å². The van der Waals surface area contributed by atoms with Gasteiger partial charge in [0.25, 0.3) is 0 Å². The summed E-state index contributed by atoms with van der Waals surface area (Å²) in [7, 11) is 0. The molecule has 0 bridgehead atoms. The number of nitrogens with zero attached hydrogens (tertiary/aromatic N) is 1. The zero-order valence-corrected chi connectivity index (χ0v) is 15.9. The van der Waals surface area contributed by atoms with Crippen molar-refractivity contribution < 1.29 is 22.7 Å². The van der Waals surface area contributed by atoms with Gasteiger partial charge in [0.1, 0.15) is 12.4 Å². The SMILES string of the molecule is NC=C(C=NCCOc1ccc(C(F)(F)F)cc1)/C=C/C(=O)Nc1ccccc1N. The molecule has 0 aromatic heterocycles. The molecule has 5 N–H and O–H groups in total. The van der Waals surface area contributed by atoms with Crippen molar-refractivity contribution in [3.63, 3.8) is 0 Å². The third-order valence-electron chi connectivity index (χ3n) is 3.75. The van der Waals surface area contributed by atoms with Crippen molar-refractivity contribution in [2.24, 2.45) is 10.7 Å². The summed E-state index contributed by atoms with van der Waals surface area (Å²) in [6.45, 7) is 0.413. The highest BCUT2D eigenvalue weighted by atomic mass is 19.4. The summed E-state index contributed by atoms with van der Waals surface area (Å²) < 4.78 is 42.9. The van der Waals surface area contributed by atoms with E-state index < -0.39 is 11.7 Å². The molecule has 2 rings (SSSR count). The minimum atomic E-state index is -4.38. The van der Waals surface area contributed by atoms with Crippen LogP contribution in [0.3, 0.4) is 0 Å². The Labute approximate surface area is 171 Å². The van der Waals surface area contributed by atoms with Gasteiger partial charge < -0.3 is 21.5 Å². The number of ether oxygens (including phenoxy) is 1. The lowest BCUT2D eigenvalue weighted by atomic mass is 10.2. The van der Waals surface area contributed by atoms with Crippen molar-refractivity contribution in [1.82, 2.24) is 0 Å². The van der Waals surface area contributed by atoms with E-state index in [9.17, 15) is 18.0 Å². The second-order valence-electron chi connectivity index (χ2n) is 5.98. The zero-order valence-electron chi connectivity index (χ0n) is 15.9. The number of alkyl halides is 3. The van der Waals surface area contributed by atoms with Crippen LogP contribution in [0.2, 0.25) is 0 Å². The molecule has 2 aromatic carbocycles. The number of para-hydroxylation sites is 2. The van der Waals surface area contributed by atoms with Crippen LogP contribution in [0.25, 0.3) is 0 Å². The van der Waals surface area contributed by atoms with E-state index >= 15 is 0 Å². The van der Waals surface area contributed by atoms with E-state index in [2.05, 4.69) is 10.3 Å². The van der Waals surface area contributed by atoms with Crippen molar-refractivity contribution in [3.8, 4) is 5.75 Å². The summed E-state index contributed by atoms with van der Waals surface area (Å²) in [5.41, 5.74) is 12.0. The first-order valence-electron chi connectivity index (χ1n) is 8.85. The average Bonchev–Trinajstić information content (AvgIpc) is 2.71. The molecule has 9 heteroatoms. The van der Waals surface area contributed by atoms with Crippen LogP contribution in [0.15, 0.2) is 77.4 Å². The molecular formula is C21H21F3N4O2. The standard InChI is InChI=1S/C21H21F3N4O2/c22-21(23,24)16-6-8-17(9-7-16)30-12-11-27-14-15(13-25)5-10-20(29)28-19-4-2-1-3-18(19)26/h1-10,13-14H,11-12,25-26H2,(H,28,29)/b10-5+,15-13?,27-14?. The number of halogens is 3. The van der Waals surface area contributed by atoms with E-state index in [0.29, 0.717) is 22.7 Å². The molecule has 2 aromatic rings. The number of aliphatic imine (C=N–C) groups is 1. The summed E-state index contributed by atoms with van der Waals surface area (Å²) in [5.74, 6) is -0.0733. The Morgan fingerprint density at radius 1 is 1.10 bits per heavy atom. The Kier molecular flexibility index (Phi) is 8.04. The summed E-state index contributed by atoms with van der Waals surface area (Å²) >= 11 is 0. The van der Waals surface area contributed by atoms with Crippen LogP contribution < -0.4 is 21.5 Å². The summed E-state index contributed by atoms with van der Waals surface area (Å²) in [5, 5.41) is 2.64. The number of amides is 1. The monoisotopic (exact) mass is 418 g/mol. The van der Waals surface area contributed by atoms with E-state index in [4.69, 9.17) is 16.2 Å². The maximum atomic E-state index is 12.5. The first-order chi connectivity index (χ1) is 14.3. The molecule has 0 heterocycles. The Balaban J connectivity index is 1.78. The van der Waals surface area contributed by atoms with Crippen molar-refractivity contribution in [1.29, 1.82) is 0 Å².